The highest BCUT2D eigenvalue weighted by Gasteiger charge is 2.24. The van der Waals surface area contributed by atoms with Gasteiger partial charge in [-0.25, -0.2) is 0 Å². The van der Waals surface area contributed by atoms with Crippen molar-refractivity contribution in [1.29, 1.82) is 0 Å². The smallest absolute Gasteiger partial charge is 0.241 e. The molecule has 1 amide bonds. The van der Waals surface area contributed by atoms with Crippen LogP contribution in [0.2, 0.25) is 10.0 Å². The molecule has 1 aliphatic rings. The molecule has 6 heteroatoms. The van der Waals surface area contributed by atoms with Gasteiger partial charge in [-0.3, -0.25) is 9.69 Å². The number of aryl methyl sites for hydroxylation is 1. The summed E-state index contributed by atoms with van der Waals surface area (Å²) in [6.45, 7) is 7.33. The van der Waals surface area contributed by atoms with Crippen LogP contribution in [0.1, 0.15) is 12.5 Å². The second kappa shape index (κ2) is 6.76. The summed E-state index contributed by atoms with van der Waals surface area (Å²) in [5.41, 5.74) is 1.39. The van der Waals surface area contributed by atoms with E-state index in [0.29, 0.717) is 15.7 Å². The van der Waals surface area contributed by atoms with Gasteiger partial charge in [0.05, 0.1) is 21.8 Å². The molecule has 4 nitrogen and oxygen atoms in total. The highest BCUT2D eigenvalue weighted by atomic mass is 35.5. The number of hydrogen-bond donors (Lipinski definition) is 2. The Labute approximate surface area is 129 Å². The molecule has 0 spiro atoms. The normalized spacial score (nSPS) is 17.8. The lowest BCUT2D eigenvalue weighted by Gasteiger charge is -2.32. The lowest BCUT2D eigenvalue weighted by Crippen LogP contribution is -2.51. The van der Waals surface area contributed by atoms with Gasteiger partial charge in [0, 0.05) is 26.2 Å². The average Bonchev–Trinajstić information content (AvgIpc) is 2.47. The zero-order chi connectivity index (χ0) is 14.7. The number of amides is 1. The van der Waals surface area contributed by atoms with E-state index in [2.05, 4.69) is 15.5 Å². The Morgan fingerprint density at radius 3 is 2.65 bits per heavy atom. The standard InChI is InChI=1S/C14H19Cl2N3O/c1-9-3-4-11(15)13(12(9)16)18-14(20)10(2)19-7-5-17-6-8-19/h3-4,10,17H,5-8H2,1-2H3,(H,18,20). The molecule has 1 heterocycles. The van der Waals surface area contributed by atoms with Crippen molar-refractivity contribution in [2.24, 2.45) is 0 Å². The Bertz CT molecular complexity index is 501. The second-order valence-electron chi connectivity index (χ2n) is 5.00. The molecule has 0 aromatic heterocycles. The fourth-order valence-electron chi connectivity index (χ4n) is 2.23. The number of benzene rings is 1. The number of hydrogen-bond acceptors (Lipinski definition) is 3. The van der Waals surface area contributed by atoms with E-state index in [4.69, 9.17) is 23.2 Å². The van der Waals surface area contributed by atoms with E-state index in [-0.39, 0.29) is 11.9 Å². The van der Waals surface area contributed by atoms with E-state index < -0.39 is 0 Å². The van der Waals surface area contributed by atoms with Gasteiger partial charge in [-0.2, -0.15) is 0 Å². The van der Waals surface area contributed by atoms with Gasteiger partial charge in [-0.1, -0.05) is 29.3 Å². The van der Waals surface area contributed by atoms with E-state index in [0.717, 1.165) is 31.7 Å². The molecule has 0 saturated carbocycles. The van der Waals surface area contributed by atoms with Crippen LogP contribution in [-0.4, -0.2) is 43.0 Å². The molecule has 2 rings (SSSR count). The van der Waals surface area contributed by atoms with Crippen LogP contribution >= 0.6 is 23.2 Å². The molecule has 2 N–H and O–H groups in total. The topological polar surface area (TPSA) is 44.4 Å². The summed E-state index contributed by atoms with van der Waals surface area (Å²) >= 11 is 12.3. The quantitative estimate of drug-likeness (QED) is 0.901. The molecule has 110 valence electrons. The van der Waals surface area contributed by atoms with Gasteiger partial charge >= 0.3 is 0 Å². The molecule has 1 aliphatic heterocycles. The van der Waals surface area contributed by atoms with E-state index in [1.54, 1.807) is 6.07 Å². The maximum atomic E-state index is 12.3. The van der Waals surface area contributed by atoms with Crippen molar-refractivity contribution < 1.29 is 4.79 Å². The first-order valence-corrected chi connectivity index (χ1v) is 7.46. The first-order chi connectivity index (χ1) is 9.50. The zero-order valence-corrected chi connectivity index (χ0v) is 13.2. The largest absolute Gasteiger partial charge is 0.322 e. The summed E-state index contributed by atoms with van der Waals surface area (Å²) in [6, 6.07) is 3.37. The molecule has 1 aromatic rings. The van der Waals surface area contributed by atoms with Crippen molar-refractivity contribution in [3.8, 4) is 0 Å². The predicted molar refractivity (Wildman–Crippen MR) is 83.7 cm³/mol. The van der Waals surface area contributed by atoms with Crippen LogP contribution in [0.5, 0.6) is 0 Å². The molecule has 0 bridgehead atoms. The van der Waals surface area contributed by atoms with Gasteiger partial charge in [-0.05, 0) is 25.5 Å². The molecule has 0 radical (unpaired) electrons. The number of nitrogens with one attached hydrogen (secondary N) is 2. The summed E-state index contributed by atoms with van der Waals surface area (Å²) in [4.78, 5) is 14.5. The average molecular weight is 316 g/mol. The van der Waals surface area contributed by atoms with E-state index in [1.807, 2.05) is 19.9 Å². The number of piperazine rings is 1. The Morgan fingerprint density at radius 1 is 1.35 bits per heavy atom. The van der Waals surface area contributed by atoms with Crippen LogP contribution < -0.4 is 10.6 Å². The van der Waals surface area contributed by atoms with Crippen LogP contribution in [0.25, 0.3) is 0 Å². The Hall–Kier alpha value is -0.810. The minimum atomic E-state index is -0.204. The summed E-state index contributed by atoms with van der Waals surface area (Å²) in [7, 11) is 0. The van der Waals surface area contributed by atoms with Crippen molar-refractivity contribution in [1.82, 2.24) is 10.2 Å². The van der Waals surface area contributed by atoms with Gasteiger partial charge < -0.3 is 10.6 Å². The summed E-state index contributed by atoms with van der Waals surface area (Å²) in [6.07, 6.45) is 0. The van der Waals surface area contributed by atoms with Crippen LogP contribution in [0.3, 0.4) is 0 Å². The van der Waals surface area contributed by atoms with Crippen LogP contribution in [-0.2, 0) is 4.79 Å². The van der Waals surface area contributed by atoms with E-state index in [1.165, 1.54) is 0 Å². The van der Waals surface area contributed by atoms with Gasteiger partial charge in [0.2, 0.25) is 5.91 Å². The third-order valence-electron chi connectivity index (χ3n) is 3.61. The van der Waals surface area contributed by atoms with Gasteiger partial charge in [0.25, 0.3) is 0 Å². The maximum Gasteiger partial charge on any atom is 0.241 e. The van der Waals surface area contributed by atoms with Gasteiger partial charge in [0.1, 0.15) is 0 Å². The minimum Gasteiger partial charge on any atom is -0.322 e. The first-order valence-electron chi connectivity index (χ1n) is 6.71. The third-order valence-corrected chi connectivity index (χ3v) is 4.41. The second-order valence-corrected chi connectivity index (χ2v) is 5.79. The van der Waals surface area contributed by atoms with Crippen molar-refractivity contribution in [2.45, 2.75) is 19.9 Å². The summed E-state index contributed by atoms with van der Waals surface area (Å²) in [5.74, 6) is -0.0821. The van der Waals surface area contributed by atoms with Crippen LogP contribution in [0.15, 0.2) is 12.1 Å². The highest BCUT2D eigenvalue weighted by Crippen LogP contribution is 2.33. The third kappa shape index (κ3) is 3.44. The number of halogens is 2. The molecule has 20 heavy (non-hydrogen) atoms. The minimum absolute atomic E-state index is 0.0821. The summed E-state index contributed by atoms with van der Waals surface area (Å²) < 4.78 is 0. The molecule has 1 unspecified atom stereocenters. The summed E-state index contributed by atoms with van der Waals surface area (Å²) in [5, 5.41) is 7.08. The molecule has 1 fully saturated rings. The Morgan fingerprint density at radius 2 is 2.00 bits per heavy atom. The van der Waals surface area contributed by atoms with Crippen LogP contribution in [0.4, 0.5) is 5.69 Å². The molecular weight excluding hydrogens is 297 g/mol. The monoisotopic (exact) mass is 315 g/mol. The zero-order valence-electron chi connectivity index (χ0n) is 11.7. The van der Waals surface area contributed by atoms with Gasteiger partial charge in [-0.15, -0.1) is 0 Å². The number of carbonyl (C=O) groups is 1. The Balaban J connectivity index is 2.09. The molecule has 1 atom stereocenters. The molecular formula is C14H19Cl2N3O. The first kappa shape index (κ1) is 15.6. The molecule has 1 saturated heterocycles. The number of carbonyl (C=O) groups excluding carboxylic acids is 1. The molecule has 1 aromatic carbocycles. The van der Waals surface area contributed by atoms with Gasteiger partial charge in [0.15, 0.2) is 0 Å². The SMILES string of the molecule is Cc1ccc(Cl)c(NC(=O)C(C)N2CCNCC2)c1Cl. The number of nitrogens with zero attached hydrogens (tertiary/aromatic N) is 1. The number of anilines is 1. The van der Waals surface area contributed by atoms with Crippen molar-refractivity contribution in [2.75, 3.05) is 31.5 Å². The van der Waals surface area contributed by atoms with E-state index >= 15 is 0 Å². The van der Waals surface area contributed by atoms with E-state index in [9.17, 15) is 4.79 Å². The predicted octanol–water partition coefficient (Wildman–Crippen LogP) is 2.53. The maximum absolute atomic E-state index is 12.3. The van der Waals surface area contributed by atoms with Crippen molar-refractivity contribution in [3.05, 3.63) is 27.7 Å². The Kier molecular flexibility index (Phi) is 5.27. The fraction of sp³-hybridized carbons (Fsp3) is 0.500. The molecule has 0 aliphatic carbocycles. The highest BCUT2D eigenvalue weighted by molar-refractivity contribution is 6.40. The van der Waals surface area contributed by atoms with Crippen molar-refractivity contribution >= 4 is 34.8 Å². The lowest BCUT2D eigenvalue weighted by atomic mass is 10.2. The number of rotatable bonds is 3. The van der Waals surface area contributed by atoms with Crippen LogP contribution in [0, 0.1) is 6.92 Å². The lowest BCUT2D eigenvalue weighted by molar-refractivity contribution is -0.120. The fourth-order valence-corrected chi connectivity index (χ4v) is 2.70. The van der Waals surface area contributed by atoms with Crippen molar-refractivity contribution in [3.63, 3.8) is 0 Å².